The third-order valence-electron chi connectivity index (χ3n) is 2.51. The van der Waals surface area contributed by atoms with Crippen LogP contribution in [0, 0.1) is 0 Å². The van der Waals surface area contributed by atoms with E-state index in [1.165, 1.54) is 0 Å². The van der Waals surface area contributed by atoms with Crippen LogP contribution < -0.4 is 10.1 Å². The average molecular weight is 268 g/mol. The van der Waals surface area contributed by atoms with Crippen LogP contribution in [0.2, 0.25) is 5.02 Å². The molecule has 96 valence electrons. The summed E-state index contributed by atoms with van der Waals surface area (Å²) in [5, 5.41) is 15.2. The Hall–Kier alpha value is -1.82. The van der Waals surface area contributed by atoms with Crippen molar-refractivity contribution in [1.29, 1.82) is 0 Å². The zero-order chi connectivity index (χ0) is 13.0. The minimum absolute atomic E-state index is 0.546. The van der Waals surface area contributed by atoms with Gasteiger partial charge in [0.1, 0.15) is 5.75 Å². The summed E-state index contributed by atoms with van der Waals surface area (Å²) in [6.45, 7) is 3.23. The predicted molar refractivity (Wildman–Crippen MR) is 68.8 cm³/mol. The molecule has 1 aromatic heterocycles. The van der Waals surface area contributed by atoms with E-state index in [2.05, 4.69) is 20.8 Å². The maximum absolute atomic E-state index is 5.96. The molecule has 18 heavy (non-hydrogen) atoms. The molecule has 0 aliphatic carbocycles. The molecular formula is C11H14ClN5O. The summed E-state index contributed by atoms with van der Waals surface area (Å²) in [7, 11) is 1.63. The molecule has 0 fully saturated rings. The second-order valence-electron chi connectivity index (χ2n) is 3.63. The molecule has 0 radical (unpaired) electrons. The molecule has 6 nitrogen and oxygen atoms in total. The first-order valence-electron chi connectivity index (χ1n) is 5.57. The lowest BCUT2D eigenvalue weighted by molar-refractivity contribution is 0.410. The molecule has 0 saturated carbocycles. The monoisotopic (exact) mass is 267 g/mol. The largest absolute Gasteiger partial charge is 0.496 e. The van der Waals surface area contributed by atoms with Gasteiger partial charge in [-0.3, -0.25) is 0 Å². The highest BCUT2D eigenvalue weighted by molar-refractivity contribution is 6.30. The maximum Gasteiger partial charge on any atom is 0.243 e. The third kappa shape index (κ3) is 2.70. The molecule has 7 heteroatoms. The number of halogens is 1. The van der Waals surface area contributed by atoms with Gasteiger partial charge in [-0.1, -0.05) is 16.7 Å². The van der Waals surface area contributed by atoms with Crippen molar-refractivity contribution in [2.75, 3.05) is 12.4 Å². The van der Waals surface area contributed by atoms with Crippen LogP contribution in [0.4, 0.5) is 5.95 Å². The van der Waals surface area contributed by atoms with Crippen molar-refractivity contribution in [2.24, 2.45) is 0 Å². The first-order chi connectivity index (χ1) is 8.74. The SMILES string of the molecule is CCn1nnnc1NCc1cc(Cl)ccc1OC. The fourth-order valence-corrected chi connectivity index (χ4v) is 1.80. The number of methoxy groups -OCH3 is 1. The van der Waals surface area contributed by atoms with Gasteiger partial charge >= 0.3 is 0 Å². The standard InChI is InChI=1S/C11H14ClN5O/c1-3-17-11(14-15-16-17)13-7-8-6-9(12)4-5-10(8)18-2/h4-6H,3,7H2,1-2H3,(H,13,14,16). The second kappa shape index (κ2) is 5.68. The summed E-state index contributed by atoms with van der Waals surface area (Å²) in [4.78, 5) is 0. The quantitative estimate of drug-likeness (QED) is 0.897. The maximum atomic E-state index is 5.96. The Bertz CT molecular complexity index is 528. The van der Waals surface area contributed by atoms with Crippen molar-refractivity contribution in [2.45, 2.75) is 20.0 Å². The minimum atomic E-state index is 0.546. The van der Waals surface area contributed by atoms with Crippen LogP contribution in [0.15, 0.2) is 18.2 Å². The van der Waals surface area contributed by atoms with Crippen molar-refractivity contribution in [1.82, 2.24) is 20.2 Å². The number of anilines is 1. The number of aryl methyl sites for hydroxylation is 1. The lowest BCUT2D eigenvalue weighted by Crippen LogP contribution is -2.08. The van der Waals surface area contributed by atoms with Gasteiger partial charge < -0.3 is 10.1 Å². The zero-order valence-electron chi connectivity index (χ0n) is 10.2. The van der Waals surface area contributed by atoms with E-state index < -0.39 is 0 Å². The fraction of sp³-hybridized carbons (Fsp3) is 0.364. The van der Waals surface area contributed by atoms with Gasteiger partial charge in [-0.2, -0.15) is 0 Å². The summed E-state index contributed by atoms with van der Waals surface area (Å²) in [5.41, 5.74) is 0.954. The zero-order valence-corrected chi connectivity index (χ0v) is 11.0. The van der Waals surface area contributed by atoms with Gasteiger partial charge in [0.25, 0.3) is 0 Å². The van der Waals surface area contributed by atoms with E-state index in [4.69, 9.17) is 16.3 Å². The normalized spacial score (nSPS) is 10.4. The highest BCUT2D eigenvalue weighted by Gasteiger charge is 2.07. The highest BCUT2D eigenvalue weighted by Crippen LogP contribution is 2.23. The molecule has 0 unspecified atom stereocenters. The summed E-state index contributed by atoms with van der Waals surface area (Å²) >= 11 is 5.96. The molecule has 0 saturated heterocycles. The number of hydrogen-bond donors (Lipinski definition) is 1. The predicted octanol–water partition coefficient (Wildman–Crippen LogP) is 1.97. The summed E-state index contributed by atoms with van der Waals surface area (Å²) in [6.07, 6.45) is 0. The summed E-state index contributed by atoms with van der Waals surface area (Å²) in [5.74, 6) is 1.40. The van der Waals surface area contributed by atoms with Gasteiger partial charge in [-0.15, -0.1) is 0 Å². The van der Waals surface area contributed by atoms with Crippen molar-refractivity contribution < 1.29 is 4.74 Å². The Morgan fingerprint density at radius 1 is 1.44 bits per heavy atom. The summed E-state index contributed by atoms with van der Waals surface area (Å²) < 4.78 is 6.95. The van der Waals surface area contributed by atoms with Crippen molar-refractivity contribution in [3.05, 3.63) is 28.8 Å². The van der Waals surface area contributed by atoms with Crippen LogP contribution in [-0.4, -0.2) is 27.3 Å². The molecular weight excluding hydrogens is 254 g/mol. The fourth-order valence-electron chi connectivity index (χ4n) is 1.60. The molecule has 0 aliphatic rings. The van der Waals surface area contributed by atoms with Crippen LogP contribution in [0.1, 0.15) is 12.5 Å². The Morgan fingerprint density at radius 3 is 3.00 bits per heavy atom. The van der Waals surface area contributed by atoms with E-state index in [9.17, 15) is 0 Å². The van der Waals surface area contributed by atoms with Crippen molar-refractivity contribution in [3.63, 3.8) is 0 Å². The smallest absolute Gasteiger partial charge is 0.243 e. The van der Waals surface area contributed by atoms with E-state index in [1.54, 1.807) is 17.9 Å². The molecule has 0 spiro atoms. The highest BCUT2D eigenvalue weighted by atomic mass is 35.5. The number of benzene rings is 1. The molecule has 2 rings (SSSR count). The molecule has 1 aromatic carbocycles. The molecule has 2 aromatic rings. The van der Waals surface area contributed by atoms with Gasteiger partial charge in [0.15, 0.2) is 0 Å². The van der Waals surface area contributed by atoms with Crippen LogP contribution >= 0.6 is 11.6 Å². The van der Waals surface area contributed by atoms with Crippen LogP contribution in [0.25, 0.3) is 0 Å². The number of ether oxygens (including phenoxy) is 1. The minimum Gasteiger partial charge on any atom is -0.496 e. The molecule has 0 amide bonds. The van der Waals surface area contributed by atoms with E-state index in [-0.39, 0.29) is 0 Å². The van der Waals surface area contributed by atoms with Crippen molar-refractivity contribution in [3.8, 4) is 5.75 Å². The van der Waals surface area contributed by atoms with E-state index >= 15 is 0 Å². The number of aromatic nitrogens is 4. The second-order valence-corrected chi connectivity index (χ2v) is 4.06. The van der Waals surface area contributed by atoms with Crippen LogP contribution in [0.3, 0.4) is 0 Å². The first-order valence-corrected chi connectivity index (χ1v) is 5.95. The lowest BCUT2D eigenvalue weighted by Gasteiger charge is -2.10. The number of hydrogen-bond acceptors (Lipinski definition) is 5. The number of nitrogens with one attached hydrogen (secondary N) is 1. The molecule has 1 N–H and O–H groups in total. The first kappa shape index (κ1) is 12.6. The Kier molecular flexibility index (Phi) is 3.99. The molecule has 1 heterocycles. The van der Waals surface area contributed by atoms with Gasteiger partial charge in [-0.05, 0) is 35.5 Å². The molecule has 0 bridgehead atoms. The molecule has 0 atom stereocenters. The van der Waals surface area contributed by atoms with Crippen LogP contribution in [-0.2, 0) is 13.1 Å². The van der Waals surface area contributed by atoms with Crippen molar-refractivity contribution >= 4 is 17.5 Å². The number of tetrazole rings is 1. The van der Waals surface area contributed by atoms with E-state index in [0.717, 1.165) is 11.3 Å². The summed E-state index contributed by atoms with van der Waals surface area (Å²) in [6, 6.07) is 5.48. The Balaban J connectivity index is 2.12. The van der Waals surface area contributed by atoms with Gasteiger partial charge in [0.2, 0.25) is 5.95 Å². The average Bonchev–Trinajstić information content (AvgIpc) is 2.84. The van der Waals surface area contributed by atoms with Gasteiger partial charge in [0.05, 0.1) is 7.11 Å². The number of rotatable bonds is 5. The van der Waals surface area contributed by atoms with E-state index in [1.807, 2.05) is 19.1 Å². The number of nitrogens with zero attached hydrogens (tertiary/aromatic N) is 4. The van der Waals surface area contributed by atoms with Gasteiger partial charge in [0, 0.05) is 23.7 Å². The third-order valence-corrected chi connectivity index (χ3v) is 2.75. The lowest BCUT2D eigenvalue weighted by atomic mass is 10.2. The Labute approximate surface area is 110 Å². The molecule has 0 aliphatic heterocycles. The Morgan fingerprint density at radius 2 is 2.28 bits per heavy atom. The van der Waals surface area contributed by atoms with Crippen LogP contribution in [0.5, 0.6) is 5.75 Å². The van der Waals surface area contributed by atoms with Gasteiger partial charge in [-0.25, -0.2) is 4.68 Å². The van der Waals surface area contributed by atoms with E-state index in [0.29, 0.717) is 24.1 Å². The topological polar surface area (TPSA) is 64.9 Å².